The Balaban J connectivity index is 3.72. The Labute approximate surface area is 88.6 Å². The van der Waals surface area contributed by atoms with Gasteiger partial charge < -0.3 is 5.32 Å². The zero-order valence-corrected chi connectivity index (χ0v) is 10.3. The minimum absolute atomic E-state index is 0.176. The number of carbonyl (C=O) groups is 1. The maximum absolute atomic E-state index is 11.5. The Bertz CT molecular complexity index is 145. The van der Waals surface area contributed by atoms with E-state index in [-0.39, 0.29) is 11.3 Å². The van der Waals surface area contributed by atoms with Crippen molar-refractivity contribution >= 4 is 28.5 Å². The van der Waals surface area contributed by atoms with E-state index in [1.165, 1.54) is 0 Å². The van der Waals surface area contributed by atoms with Crippen molar-refractivity contribution in [3.8, 4) is 0 Å². The lowest BCUT2D eigenvalue weighted by atomic mass is 9.89. The lowest BCUT2D eigenvalue weighted by molar-refractivity contribution is -0.129. The predicted molar refractivity (Wildman–Crippen MR) is 60.6 cm³/mol. The normalized spacial score (nSPS) is 11.3. The van der Waals surface area contributed by atoms with Crippen LogP contribution >= 0.6 is 22.6 Å². The first-order valence-electron chi connectivity index (χ1n) is 4.39. The summed E-state index contributed by atoms with van der Waals surface area (Å²) in [6, 6.07) is 0. The molecule has 1 N–H and O–H groups in total. The predicted octanol–water partition coefficient (Wildman–Crippen LogP) is 2.36. The molecule has 1 amide bonds. The van der Waals surface area contributed by atoms with E-state index in [2.05, 4.69) is 27.9 Å². The van der Waals surface area contributed by atoms with Crippen molar-refractivity contribution in [2.24, 2.45) is 5.41 Å². The maximum Gasteiger partial charge on any atom is 0.225 e. The molecule has 0 aliphatic heterocycles. The molecule has 72 valence electrons. The summed E-state index contributed by atoms with van der Waals surface area (Å²) in [5.74, 6) is 0.176. The highest BCUT2D eigenvalue weighted by molar-refractivity contribution is 14.1. The summed E-state index contributed by atoms with van der Waals surface area (Å²) in [4.78, 5) is 11.5. The van der Waals surface area contributed by atoms with Gasteiger partial charge in [0.25, 0.3) is 0 Å². The molecule has 0 aromatic carbocycles. The minimum atomic E-state index is -0.203. The van der Waals surface area contributed by atoms with Crippen molar-refractivity contribution in [2.75, 3.05) is 11.0 Å². The van der Waals surface area contributed by atoms with Gasteiger partial charge in [0.15, 0.2) is 0 Å². The van der Waals surface area contributed by atoms with Crippen LogP contribution in [0.4, 0.5) is 0 Å². The van der Waals surface area contributed by atoms with Crippen molar-refractivity contribution in [3.05, 3.63) is 0 Å². The third-order valence-electron chi connectivity index (χ3n) is 2.09. The Morgan fingerprint density at radius 2 is 2.08 bits per heavy atom. The minimum Gasteiger partial charge on any atom is -0.356 e. The van der Waals surface area contributed by atoms with E-state index in [9.17, 15) is 4.79 Å². The van der Waals surface area contributed by atoms with Gasteiger partial charge in [0.2, 0.25) is 5.91 Å². The van der Waals surface area contributed by atoms with Gasteiger partial charge in [-0.15, -0.1) is 0 Å². The average Bonchev–Trinajstić information content (AvgIpc) is 2.05. The highest BCUT2D eigenvalue weighted by atomic mass is 127. The fraction of sp³-hybridized carbons (Fsp3) is 0.889. The average molecular weight is 283 g/mol. The van der Waals surface area contributed by atoms with E-state index in [0.717, 1.165) is 23.8 Å². The van der Waals surface area contributed by atoms with Crippen LogP contribution < -0.4 is 5.32 Å². The highest BCUT2D eigenvalue weighted by Gasteiger charge is 2.24. The molecule has 3 heteroatoms. The van der Waals surface area contributed by atoms with Crippen molar-refractivity contribution in [1.82, 2.24) is 5.32 Å². The fourth-order valence-corrected chi connectivity index (χ4v) is 1.05. The Morgan fingerprint density at radius 1 is 1.50 bits per heavy atom. The van der Waals surface area contributed by atoms with Crippen molar-refractivity contribution in [3.63, 3.8) is 0 Å². The van der Waals surface area contributed by atoms with Crippen LogP contribution in [0, 0.1) is 5.41 Å². The lowest BCUT2D eigenvalue weighted by Crippen LogP contribution is -2.37. The first-order valence-corrected chi connectivity index (χ1v) is 5.91. The zero-order chi connectivity index (χ0) is 9.61. The van der Waals surface area contributed by atoms with Gasteiger partial charge in [-0.1, -0.05) is 43.4 Å². The number of carbonyl (C=O) groups excluding carboxylic acids is 1. The van der Waals surface area contributed by atoms with Crippen LogP contribution in [0.25, 0.3) is 0 Å². The van der Waals surface area contributed by atoms with Gasteiger partial charge in [0, 0.05) is 16.4 Å². The monoisotopic (exact) mass is 283 g/mol. The van der Waals surface area contributed by atoms with Crippen LogP contribution in [0.5, 0.6) is 0 Å². The summed E-state index contributed by atoms with van der Waals surface area (Å²) in [5.41, 5.74) is -0.203. The molecule has 0 radical (unpaired) electrons. The summed E-state index contributed by atoms with van der Waals surface area (Å²) in [7, 11) is 0. The molecule has 0 rings (SSSR count). The Hall–Kier alpha value is 0.200. The maximum atomic E-state index is 11.5. The van der Waals surface area contributed by atoms with Gasteiger partial charge in [-0.3, -0.25) is 4.79 Å². The first-order chi connectivity index (χ1) is 5.54. The van der Waals surface area contributed by atoms with Crippen LogP contribution in [0.2, 0.25) is 0 Å². The van der Waals surface area contributed by atoms with Crippen molar-refractivity contribution in [2.45, 2.75) is 33.6 Å². The summed E-state index contributed by atoms with van der Waals surface area (Å²) in [5, 5.41) is 2.93. The van der Waals surface area contributed by atoms with Crippen LogP contribution in [-0.4, -0.2) is 16.9 Å². The standard InChI is InChI=1S/C9H18INO/c1-4-9(2,3)8(12)11-7-5-6-10/h4-7H2,1-3H3,(H,11,12). The molecule has 0 atom stereocenters. The summed E-state index contributed by atoms with van der Waals surface area (Å²) in [6.07, 6.45) is 1.95. The molecule has 0 aromatic rings. The highest BCUT2D eigenvalue weighted by Crippen LogP contribution is 2.19. The fourth-order valence-electron chi connectivity index (χ4n) is 0.669. The third kappa shape index (κ3) is 4.28. The second-order valence-electron chi connectivity index (χ2n) is 3.54. The van der Waals surface area contributed by atoms with Gasteiger partial charge in [-0.05, 0) is 12.8 Å². The number of rotatable bonds is 5. The van der Waals surface area contributed by atoms with E-state index in [4.69, 9.17) is 0 Å². The Kier molecular flexibility index (Phi) is 5.88. The van der Waals surface area contributed by atoms with Crippen molar-refractivity contribution < 1.29 is 4.79 Å². The molecule has 0 bridgehead atoms. The second kappa shape index (κ2) is 5.78. The first kappa shape index (κ1) is 12.2. The molecule has 0 fully saturated rings. The zero-order valence-electron chi connectivity index (χ0n) is 8.11. The van der Waals surface area contributed by atoms with Gasteiger partial charge in [-0.2, -0.15) is 0 Å². The molecule has 0 spiro atoms. The summed E-state index contributed by atoms with van der Waals surface area (Å²) >= 11 is 2.31. The number of halogens is 1. The molecule has 12 heavy (non-hydrogen) atoms. The van der Waals surface area contributed by atoms with E-state index in [0.29, 0.717) is 0 Å². The number of amides is 1. The van der Waals surface area contributed by atoms with Crippen molar-refractivity contribution in [1.29, 1.82) is 0 Å². The third-order valence-corrected chi connectivity index (χ3v) is 2.86. The van der Waals surface area contributed by atoms with Crippen LogP contribution in [0.1, 0.15) is 33.6 Å². The van der Waals surface area contributed by atoms with Crippen LogP contribution in [0.15, 0.2) is 0 Å². The van der Waals surface area contributed by atoms with Crippen LogP contribution in [-0.2, 0) is 4.79 Å². The molecular weight excluding hydrogens is 265 g/mol. The van der Waals surface area contributed by atoms with E-state index >= 15 is 0 Å². The number of hydrogen-bond donors (Lipinski definition) is 1. The van der Waals surface area contributed by atoms with E-state index in [1.807, 2.05) is 20.8 Å². The van der Waals surface area contributed by atoms with Gasteiger partial charge in [-0.25, -0.2) is 0 Å². The Morgan fingerprint density at radius 3 is 2.50 bits per heavy atom. The lowest BCUT2D eigenvalue weighted by Gasteiger charge is -2.21. The molecule has 0 heterocycles. The number of nitrogens with one attached hydrogen (secondary N) is 1. The van der Waals surface area contributed by atoms with E-state index in [1.54, 1.807) is 0 Å². The number of hydrogen-bond acceptors (Lipinski definition) is 1. The second-order valence-corrected chi connectivity index (χ2v) is 4.61. The van der Waals surface area contributed by atoms with Gasteiger partial charge in [0.05, 0.1) is 0 Å². The topological polar surface area (TPSA) is 29.1 Å². The number of alkyl halides is 1. The van der Waals surface area contributed by atoms with Crippen LogP contribution in [0.3, 0.4) is 0 Å². The summed E-state index contributed by atoms with van der Waals surface area (Å²) < 4.78 is 1.10. The molecular formula is C9H18INO. The molecule has 2 nitrogen and oxygen atoms in total. The van der Waals surface area contributed by atoms with E-state index < -0.39 is 0 Å². The summed E-state index contributed by atoms with van der Waals surface area (Å²) in [6.45, 7) is 6.81. The smallest absolute Gasteiger partial charge is 0.225 e. The molecule has 0 unspecified atom stereocenters. The largest absolute Gasteiger partial charge is 0.356 e. The van der Waals surface area contributed by atoms with Gasteiger partial charge in [0.1, 0.15) is 0 Å². The molecule has 0 aliphatic rings. The SMILES string of the molecule is CCC(C)(C)C(=O)NCCCI. The molecule has 0 aliphatic carbocycles. The van der Waals surface area contributed by atoms with Gasteiger partial charge >= 0.3 is 0 Å². The molecule has 0 saturated carbocycles. The quantitative estimate of drug-likeness (QED) is 0.468. The molecule has 0 aromatic heterocycles. The molecule has 0 saturated heterocycles.